The van der Waals surface area contributed by atoms with Gasteiger partial charge in [-0.25, -0.2) is 4.98 Å². The van der Waals surface area contributed by atoms with Gasteiger partial charge in [-0.15, -0.1) is 0 Å². The standard InChI is InChI=1S/C12H12N4/c1-9-3-4-12-14-10(8-16(12)7-9)11-5-6-13-15(11)2/h3-8H,1-2H3. The quantitative estimate of drug-likeness (QED) is 0.618. The Morgan fingerprint density at radius 2 is 2.00 bits per heavy atom. The molecule has 80 valence electrons. The Bertz CT molecular complexity index is 648. The summed E-state index contributed by atoms with van der Waals surface area (Å²) in [5.41, 5.74) is 4.16. The van der Waals surface area contributed by atoms with E-state index in [0.717, 1.165) is 17.0 Å². The molecule has 0 aliphatic rings. The highest BCUT2D eigenvalue weighted by Gasteiger charge is 2.07. The van der Waals surface area contributed by atoms with Gasteiger partial charge in [0.05, 0.1) is 5.69 Å². The third-order valence-electron chi connectivity index (χ3n) is 2.68. The van der Waals surface area contributed by atoms with Crippen molar-refractivity contribution in [3.8, 4) is 11.4 Å². The van der Waals surface area contributed by atoms with E-state index in [2.05, 4.69) is 29.3 Å². The summed E-state index contributed by atoms with van der Waals surface area (Å²) in [4.78, 5) is 4.56. The molecule has 0 N–H and O–H groups in total. The Morgan fingerprint density at radius 3 is 2.75 bits per heavy atom. The van der Waals surface area contributed by atoms with E-state index < -0.39 is 0 Å². The molecule has 0 aliphatic carbocycles. The van der Waals surface area contributed by atoms with Gasteiger partial charge in [-0.05, 0) is 24.6 Å². The fourth-order valence-corrected chi connectivity index (χ4v) is 1.85. The lowest BCUT2D eigenvalue weighted by Crippen LogP contribution is -1.92. The van der Waals surface area contributed by atoms with Gasteiger partial charge < -0.3 is 4.40 Å². The molecule has 16 heavy (non-hydrogen) atoms. The van der Waals surface area contributed by atoms with Crippen LogP contribution >= 0.6 is 0 Å². The minimum atomic E-state index is 0.950. The first-order valence-electron chi connectivity index (χ1n) is 5.18. The van der Waals surface area contributed by atoms with Crippen LogP contribution in [0.4, 0.5) is 0 Å². The van der Waals surface area contributed by atoms with Crippen LogP contribution in [0.15, 0.2) is 36.8 Å². The number of aryl methyl sites for hydroxylation is 2. The maximum atomic E-state index is 4.56. The third-order valence-corrected chi connectivity index (χ3v) is 2.68. The molecular formula is C12H12N4. The molecule has 0 unspecified atom stereocenters. The van der Waals surface area contributed by atoms with E-state index >= 15 is 0 Å². The average molecular weight is 212 g/mol. The van der Waals surface area contributed by atoms with Gasteiger partial charge in [0.15, 0.2) is 0 Å². The van der Waals surface area contributed by atoms with Gasteiger partial charge in [-0.2, -0.15) is 5.10 Å². The van der Waals surface area contributed by atoms with Crippen LogP contribution in [0, 0.1) is 6.92 Å². The van der Waals surface area contributed by atoms with Gasteiger partial charge in [0.1, 0.15) is 11.3 Å². The second-order valence-electron chi connectivity index (χ2n) is 3.94. The second-order valence-corrected chi connectivity index (χ2v) is 3.94. The maximum absolute atomic E-state index is 4.56. The molecule has 0 amide bonds. The lowest BCUT2D eigenvalue weighted by molar-refractivity contribution is 0.774. The van der Waals surface area contributed by atoms with E-state index in [1.165, 1.54) is 5.56 Å². The molecule has 3 heterocycles. The molecule has 0 aliphatic heterocycles. The summed E-state index contributed by atoms with van der Waals surface area (Å²) in [6.45, 7) is 2.07. The van der Waals surface area contributed by atoms with Crippen molar-refractivity contribution in [1.29, 1.82) is 0 Å². The highest BCUT2D eigenvalue weighted by molar-refractivity contribution is 5.59. The molecule has 3 aromatic rings. The molecule has 4 heteroatoms. The minimum absolute atomic E-state index is 0.950. The smallest absolute Gasteiger partial charge is 0.137 e. The van der Waals surface area contributed by atoms with Gasteiger partial charge in [-0.3, -0.25) is 4.68 Å². The van der Waals surface area contributed by atoms with Crippen molar-refractivity contribution < 1.29 is 0 Å². The highest BCUT2D eigenvalue weighted by Crippen LogP contribution is 2.18. The number of aromatic nitrogens is 4. The van der Waals surface area contributed by atoms with E-state index in [0.29, 0.717) is 0 Å². The van der Waals surface area contributed by atoms with Crippen LogP contribution < -0.4 is 0 Å². The number of hydrogen-bond acceptors (Lipinski definition) is 2. The molecule has 0 spiro atoms. The molecular weight excluding hydrogens is 200 g/mol. The first kappa shape index (κ1) is 9.15. The number of rotatable bonds is 1. The minimum Gasteiger partial charge on any atom is -0.306 e. The Balaban J connectivity index is 2.23. The zero-order chi connectivity index (χ0) is 11.1. The summed E-state index contributed by atoms with van der Waals surface area (Å²) in [5, 5.41) is 4.15. The highest BCUT2D eigenvalue weighted by atomic mass is 15.3. The lowest BCUT2D eigenvalue weighted by Gasteiger charge is -1.94. The van der Waals surface area contributed by atoms with Gasteiger partial charge in [0.25, 0.3) is 0 Å². The van der Waals surface area contributed by atoms with Crippen LogP contribution in [0.3, 0.4) is 0 Å². The predicted octanol–water partition coefficient (Wildman–Crippen LogP) is 2.04. The van der Waals surface area contributed by atoms with E-state index in [9.17, 15) is 0 Å². The molecule has 0 fully saturated rings. The third kappa shape index (κ3) is 1.31. The molecule has 4 nitrogen and oxygen atoms in total. The molecule has 3 rings (SSSR count). The van der Waals surface area contributed by atoms with E-state index in [1.54, 1.807) is 6.20 Å². The summed E-state index contributed by atoms with van der Waals surface area (Å²) in [7, 11) is 1.92. The van der Waals surface area contributed by atoms with Crippen molar-refractivity contribution in [2.45, 2.75) is 6.92 Å². The maximum Gasteiger partial charge on any atom is 0.137 e. The Labute approximate surface area is 93.2 Å². The Morgan fingerprint density at radius 1 is 1.12 bits per heavy atom. The SMILES string of the molecule is Cc1ccc2nc(-c3ccnn3C)cn2c1. The van der Waals surface area contributed by atoms with Gasteiger partial charge in [-0.1, -0.05) is 6.07 Å². The number of hydrogen-bond donors (Lipinski definition) is 0. The summed E-state index contributed by atoms with van der Waals surface area (Å²) in [6.07, 6.45) is 5.88. The molecule has 3 aromatic heterocycles. The fraction of sp³-hybridized carbons (Fsp3) is 0.167. The van der Waals surface area contributed by atoms with Gasteiger partial charge in [0, 0.05) is 25.6 Å². The van der Waals surface area contributed by atoms with Crippen LogP contribution in [0.25, 0.3) is 17.0 Å². The summed E-state index contributed by atoms with van der Waals surface area (Å²) < 4.78 is 3.87. The van der Waals surface area contributed by atoms with Crippen LogP contribution in [0.2, 0.25) is 0 Å². The molecule has 0 bridgehead atoms. The number of nitrogens with zero attached hydrogens (tertiary/aromatic N) is 4. The largest absolute Gasteiger partial charge is 0.306 e. The molecule has 0 aromatic carbocycles. The van der Waals surface area contributed by atoms with Crippen molar-refractivity contribution in [3.05, 3.63) is 42.4 Å². The normalized spacial score (nSPS) is 11.1. The summed E-state index contributed by atoms with van der Waals surface area (Å²) in [5.74, 6) is 0. The Kier molecular flexibility index (Phi) is 1.83. The van der Waals surface area contributed by atoms with Crippen LogP contribution in [-0.2, 0) is 7.05 Å². The van der Waals surface area contributed by atoms with Crippen LogP contribution in [0.5, 0.6) is 0 Å². The zero-order valence-corrected chi connectivity index (χ0v) is 9.25. The molecule has 0 atom stereocenters. The van der Waals surface area contributed by atoms with Crippen LogP contribution in [0.1, 0.15) is 5.56 Å². The monoisotopic (exact) mass is 212 g/mol. The Hall–Kier alpha value is -2.10. The zero-order valence-electron chi connectivity index (χ0n) is 9.25. The predicted molar refractivity (Wildman–Crippen MR) is 62.1 cm³/mol. The van der Waals surface area contributed by atoms with Gasteiger partial charge in [0.2, 0.25) is 0 Å². The summed E-state index contributed by atoms with van der Waals surface area (Å²) in [6, 6.07) is 6.05. The van der Waals surface area contributed by atoms with E-state index in [1.807, 2.05) is 34.5 Å². The number of pyridine rings is 1. The number of fused-ring (bicyclic) bond motifs is 1. The summed E-state index contributed by atoms with van der Waals surface area (Å²) >= 11 is 0. The lowest BCUT2D eigenvalue weighted by atomic mass is 10.3. The first-order chi connectivity index (χ1) is 7.74. The second kappa shape index (κ2) is 3.20. The van der Waals surface area contributed by atoms with Crippen LogP contribution in [-0.4, -0.2) is 19.2 Å². The van der Waals surface area contributed by atoms with Crippen molar-refractivity contribution in [2.75, 3.05) is 0 Å². The number of imidazole rings is 1. The molecule has 0 saturated carbocycles. The first-order valence-corrected chi connectivity index (χ1v) is 5.18. The topological polar surface area (TPSA) is 35.1 Å². The van der Waals surface area contributed by atoms with E-state index in [-0.39, 0.29) is 0 Å². The van der Waals surface area contributed by atoms with Crippen molar-refractivity contribution in [1.82, 2.24) is 19.2 Å². The average Bonchev–Trinajstić information content (AvgIpc) is 2.82. The molecule has 0 saturated heterocycles. The fourth-order valence-electron chi connectivity index (χ4n) is 1.85. The van der Waals surface area contributed by atoms with E-state index in [4.69, 9.17) is 0 Å². The van der Waals surface area contributed by atoms with Gasteiger partial charge >= 0.3 is 0 Å². The van der Waals surface area contributed by atoms with Crippen molar-refractivity contribution in [3.63, 3.8) is 0 Å². The molecule has 0 radical (unpaired) electrons. The van der Waals surface area contributed by atoms with Crippen molar-refractivity contribution in [2.24, 2.45) is 7.05 Å². The van der Waals surface area contributed by atoms with Crippen molar-refractivity contribution >= 4 is 5.65 Å².